The Morgan fingerprint density at radius 1 is 1.03 bits per heavy atom. The van der Waals surface area contributed by atoms with Crippen LogP contribution in [-0.4, -0.2) is 56.2 Å². The number of ether oxygens (including phenoxy) is 1. The summed E-state index contributed by atoms with van der Waals surface area (Å²) < 4.78 is 46.7. The predicted molar refractivity (Wildman–Crippen MR) is 119 cm³/mol. The van der Waals surface area contributed by atoms with E-state index in [1.807, 2.05) is 9.80 Å². The van der Waals surface area contributed by atoms with Crippen molar-refractivity contribution < 1.29 is 27.5 Å². The van der Waals surface area contributed by atoms with E-state index < -0.39 is 29.7 Å². The molecule has 0 unspecified atom stereocenters. The fraction of sp³-hybridized carbons (Fsp3) is 0.333. The second-order valence-corrected chi connectivity index (χ2v) is 8.03. The van der Waals surface area contributed by atoms with E-state index in [0.29, 0.717) is 37.6 Å². The molecule has 1 atom stereocenters. The molecule has 180 valence electrons. The Kier molecular flexibility index (Phi) is 7.06. The van der Waals surface area contributed by atoms with Gasteiger partial charge >= 0.3 is 12.0 Å². The van der Waals surface area contributed by atoms with Crippen LogP contribution < -0.4 is 15.5 Å². The van der Waals surface area contributed by atoms with Crippen molar-refractivity contribution in [2.24, 2.45) is 0 Å². The van der Waals surface area contributed by atoms with Gasteiger partial charge in [0.2, 0.25) is 0 Å². The summed E-state index contributed by atoms with van der Waals surface area (Å²) in [4.78, 5) is 29.2. The van der Waals surface area contributed by atoms with Crippen LogP contribution in [0.3, 0.4) is 0 Å². The van der Waals surface area contributed by atoms with Crippen LogP contribution in [-0.2, 0) is 9.53 Å². The molecule has 34 heavy (non-hydrogen) atoms. The molecule has 1 fully saturated rings. The first kappa shape index (κ1) is 23.6. The van der Waals surface area contributed by atoms with E-state index in [4.69, 9.17) is 4.74 Å². The molecule has 2 aliphatic heterocycles. The maximum absolute atomic E-state index is 14.1. The highest BCUT2D eigenvalue weighted by Crippen LogP contribution is 2.29. The van der Waals surface area contributed by atoms with Crippen LogP contribution in [0.5, 0.6) is 0 Å². The Balaban J connectivity index is 1.58. The summed E-state index contributed by atoms with van der Waals surface area (Å²) in [6.45, 7) is 4.23. The number of hydrogen-bond acceptors (Lipinski definition) is 5. The number of anilines is 1. The normalized spacial score (nSPS) is 19.0. The van der Waals surface area contributed by atoms with Crippen LogP contribution in [0, 0.1) is 17.5 Å². The zero-order valence-electron chi connectivity index (χ0n) is 18.6. The molecular weight excluding hydrogens is 449 g/mol. The summed E-state index contributed by atoms with van der Waals surface area (Å²) >= 11 is 0. The third-order valence-corrected chi connectivity index (χ3v) is 5.87. The summed E-state index contributed by atoms with van der Waals surface area (Å²) in [5.74, 6) is -3.06. The quantitative estimate of drug-likeness (QED) is 0.630. The van der Waals surface area contributed by atoms with Crippen molar-refractivity contribution in [3.05, 3.63) is 76.7 Å². The van der Waals surface area contributed by atoms with Crippen LogP contribution in [0.25, 0.3) is 0 Å². The first-order chi connectivity index (χ1) is 16.4. The fourth-order valence-electron chi connectivity index (χ4n) is 4.21. The molecule has 2 aromatic carbocycles. The lowest BCUT2D eigenvalue weighted by molar-refractivity contribution is -0.139. The number of para-hydroxylation sites is 1. The van der Waals surface area contributed by atoms with Crippen molar-refractivity contribution in [3.8, 4) is 0 Å². The van der Waals surface area contributed by atoms with Crippen molar-refractivity contribution in [2.45, 2.75) is 13.0 Å². The summed E-state index contributed by atoms with van der Waals surface area (Å²) in [6.07, 6.45) is 0. The standard InChI is InChI=1S/C24H25F3N4O3/c1-2-34-23(32)21-19(28-24(33)29-22(21)15-7-8-16(25)18(27)13-15)14-30-9-11-31(12-10-30)20-6-4-3-5-17(20)26/h3-8,13,22H,2,9-12,14H2,1H3,(H2,28,29,33)/t22-/m0/s1. The lowest BCUT2D eigenvalue weighted by atomic mass is 9.94. The maximum Gasteiger partial charge on any atom is 0.338 e. The Labute approximate surface area is 195 Å². The molecule has 0 bridgehead atoms. The van der Waals surface area contributed by atoms with Crippen LogP contribution >= 0.6 is 0 Å². The summed E-state index contributed by atoms with van der Waals surface area (Å²) in [7, 11) is 0. The minimum absolute atomic E-state index is 0.107. The number of nitrogens with zero attached hydrogens (tertiary/aromatic N) is 2. The van der Waals surface area contributed by atoms with Crippen LogP contribution in [0.2, 0.25) is 0 Å². The average molecular weight is 474 g/mol. The number of piperazine rings is 1. The highest BCUT2D eigenvalue weighted by Gasteiger charge is 2.35. The molecule has 2 N–H and O–H groups in total. The third kappa shape index (κ3) is 5.01. The first-order valence-electron chi connectivity index (χ1n) is 11.0. The lowest BCUT2D eigenvalue weighted by Gasteiger charge is -2.38. The molecule has 10 heteroatoms. The van der Waals surface area contributed by atoms with Gasteiger partial charge in [-0.3, -0.25) is 4.90 Å². The van der Waals surface area contributed by atoms with Gasteiger partial charge in [0.05, 0.1) is 23.9 Å². The number of halogens is 3. The minimum Gasteiger partial charge on any atom is -0.463 e. The van der Waals surface area contributed by atoms with Gasteiger partial charge in [-0.15, -0.1) is 0 Å². The topological polar surface area (TPSA) is 73.9 Å². The molecule has 4 rings (SSSR count). The van der Waals surface area contributed by atoms with E-state index in [2.05, 4.69) is 10.6 Å². The van der Waals surface area contributed by atoms with Gasteiger partial charge in [0.15, 0.2) is 11.6 Å². The highest BCUT2D eigenvalue weighted by atomic mass is 19.2. The Bertz CT molecular complexity index is 1120. The van der Waals surface area contributed by atoms with Gasteiger partial charge in [0.1, 0.15) is 5.82 Å². The van der Waals surface area contributed by atoms with Crippen LogP contribution in [0.1, 0.15) is 18.5 Å². The third-order valence-electron chi connectivity index (χ3n) is 5.87. The fourth-order valence-corrected chi connectivity index (χ4v) is 4.21. The number of esters is 1. The number of amides is 2. The van der Waals surface area contributed by atoms with Crippen molar-refractivity contribution in [1.29, 1.82) is 0 Å². The monoisotopic (exact) mass is 474 g/mol. The van der Waals surface area contributed by atoms with E-state index >= 15 is 0 Å². The van der Waals surface area contributed by atoms with Gasteiger partial charge in [-0.1, -0.05) is 18.2 Å². The average Bonchev–Trinajstić information content (AvgIpc) is 2.81. The van der Waals surface area contributed by atoms with E-state index in [-0.39, 0.29) is 30.1 Å². The van der Waals surface area contributed by atoms with Crippen LogP contribution in [0.4, 0.5) is 23.7 Å². The maximum atomic E-state index is 14.1. The highest BCUT2D eigenvalue weighted by molar-refractivity contribution is 5.95. The Morgan fingerprint density at radius 2 is 1.76 bits per heavy atom. The molecule has 0 saturated carbocycles. The van der Waals surface area contributed by atoms with E-state index in [1.165, 1.54) is 12.1 Å². The smallest absolute Gasteiger partial charge is 0.338 e. The zero-order valence-corrected chi connectivity index (χ0v) is 18.6. The number of rotatable bonds is 6. The van der Waals surface area contributed by atoms with Crippen molar-refractivity contribution in [2.75, 3.05) is 44.2 Å². The summed E-state index contributed by atoms with van der Waals surface area (Å²) in [5.41, 5.74) is 1.21. The summed E-state index contributed by atoms with van der Waals surface area (Å²) in [5, 5.41) is 5.28. The largest absolute Gasteiger partial charge is 0.463 e. The number of carbonyl (C=O) groups is 2. The number of hydrogen-bond donors (Lipinski definition) is 2. The molecule has 0 aliphatic carbocycles. The molecule has 0 radical (unpaired) electrons. The van der Waals surface area contributed by atoms with E-state index in [9.17, 15) is 22.8 Å². The van der Waals surface area contributed by atoms with Crippen molar-refractivity contribution in [1.82, 2.24) is 15.5 Å². The second-order valence-electron chi connectivity index (χ2n) is 8.03. The van der Waals surface area contributed by atoms with Gasteiger partial charge in [0, 0.05) is 38.4 Å². The van der Waals surface area contributed by atoms with E-state index in [0.717, 1.165) is 12.1 Å². The van der Waals surface area contributed by atoms with Gasteiger partial charge in [0.25, 0.3) is 0 Å². The second kappa shape index (κ2) is 10.2. The Hall–Kier alpha value is -3.53. The molecule has 2 aromatic rings. The van der Waals surface area contributed by atoms with Crippen molar-refractivity contribution in [3.63, 3.8) is 0 Å². The molecule has 1 saturated heterocycles. The van der Waals surface area contributed by atoms with Gasteiger partial charge in [-0.2, -0.15) is 0 Å². The molecule has 0 spiro atoms. The van der Waals surface area contributed by atoms with Crippen LogP contribution in [0.15, 0.2) is 53.7 Å². The lowest BCUT2D eigenvalue weighted by Crippen LogP contribution is -2.52. The molecule has 7 nitrogen and oxygen atoms in total. The minimum atomic E-state index is -1.08. The van der Waals surface area contributed by atoms with Crippen molar-refractivity contribution >= 4 is 17.7 Å². The number of benzene rings is 2. The molecular formula is C24H25F3N4O3. The number of nitrogens with one attached hydrogen (secondary N) is 2. The number of urea groups is 1. The predicted octanol–water partition coefficient (Wildman–Crippen LogP) is 3.10. The summed E-state index contributed by atoms with van der Waals surface area (Å²) in [6, 6.07) is 8.22. The molecule has 2 aliphatic rings. The molecule has 2 amide bonds. The van der Waals surface area contributed by atoms with Gasteiger partial charge < -0.3 is 20.3 Å². The SMILES string of the molecule is CCOC(=O)C1=C(CN2CCN(c3ccccc3F)CC2)NC(=O)N[C@H]1c1ccc(F)c(F)c1. The van der Waals surface area contributed by atoms with Gasteiger partial charge in [-0.25, -0.2) is 22.8 Å². The Morgan fingerprint density at radius 3 is 2.44 bits per heavy atom. The zero-order chi connectivity index (χ0) is 24.2. The van der Waals surface area contributed by atoms with E-state index in [1.54, 1.807) is 25.1 Å². The first-order valence-corrected chi connectivity index (χ1v) is 11.0. The number of carbonyl (C=O) groups excluding carboxylic acids is 2. The molecule has 0 aromatic heterocycles. The van der Waals surface area contributed by atoms with Gasteiger partial charge in [-0.05, 0) is 36.8 Å². The molecule has 2 heterocycles.